The van der Waals surface area contributed by atoms with Crippen molar-refractivity contribution in [3.63, 3.8) is 0 Å². The molecule has 1 fully saturated rings. The number of unbranched alkanes of at least 4 members (excludes halogenated alkanes) is 1. The Bertz CT molecular complexity index is 808. The molecule has 9 heteroatoms. The molecule has 1 aliphatic carbocycles. The van der Waals surface area contributed by atoms with Crippen molar-refractivity contribution in [2.45, 2.75) is 55.9 Å². The Balaban J connectivity index is 0.00000210. The Morgan fingerprint density at radius 3 is 2.48 bits per heavy atom. The summed E-state index contributed by atoms with van der Waals surface area (Å²) < 4.78 is 33.0. The summed E-state index contributed by atoms with van der Waals surface area (Å²) in [5, 5.41) is 7.66. The fourth-order valence-electron chi connectivity index (χ4n) is 3.66. The summed E-state index contributed by atoms with van der Waals surface area (Å²) >= 11 is 0. The zero-order chi connectivity index (χ0) is 19.0. The standard InChI is InChI=1S/C20H31N3O3S.2ClH/c24-27(25,20-10-6-9-19-18(20)11-16-26-19)23-13-5-4-12-21-14-15-22-17-7-2-1-3-8-17;;/h6,9-11,16-17,21-23H,1-5,7-8,12-15H2;2*1H. The van der Waals surface area contributed by atoms with Gasteiger partial charge in [-0.05, 0) is 50.4 Å². The van der Waals surface area contributed by atoms with E-state index >= 15 is 0 Å². The quantitative estimate of drug-likeness (QED) is 0.439. The lowest BCUT2D eigenvalue weighted by Crippen LogP contribution is -2.36. The van der Waals surface area contributed by atoms with E-state index in [0.29, 0.717) is 23.6 Å². The van der Waals surface area contributed by atoms with Crippen molar-refractivity contribution >= 4 is 45.8 Å². The van der Waals surface area contributed by atoms with E-state index in [1.807, 2.05) is 0 Å². The summed E-state index contributed by atoms with van der Waals surface area (Å²) in [5.41, 5.74) is 0.587. The van der Waals surface area contributed by atoms with Crippen LogP contribution in [0.4, 0.5) is 0 Å². The topological polar surface area (TPSA) is 83.4 Å². The second kappa shape index (κ2) is 13.5. The first kappa shape index (κ1) is 26.2. The second-order valence-corrected chi connectivity index (χ2v) is 8.97. The van der Waals surface area contributed by atoms with Gasteiger partial charge in [0.05, 0.1) is 11.2 Å². The lowest BCUT2D eigenvalue weighted by atomic mass is 9.95. The molecule has 1 heterocycles. The van der Waals surface area contributed by atoms with Crippen molar-refractivity contribution in [1.29, 1.82) is 0 Å². The molecule has 3 rings (SSSR count). The summed E-state index contributed by atoms with van der Waals surface area (Å²) in [6.45, 7) is 3.32. The SMILES string of the molecule is Cl.Cl.O=S(=O)(NCCCCNCCNC1CCCCC1)c1cccc2occc12. The van der Waals surface area contributed by atoms with Crippen LogP contribution in [0.1, 0.15) is 44.9 Å². The molecule has 2 aromatic rings. The van der Waals surface area contributed by atoms with Crippen LogP contribution in [0, 0.1) is 0 Å². The number of halogens is 2. The molecule has 0 aliphatic heterocycles. The number of nitrogens with one attached hydrogen (secondary N) is 3. The number of furan rings is 1. The Labute approximate surface area is 186 Å². The van der Waals surface area contributed by atoms with Gasteiger partial charge in [-0.3, -0.25) is 0 Å². The summed E-state index contributed by atoms with van der Waals surface area (Å²) in [6, 6.07) is 7.47. The van der Waals surface area contributed by atoms with Crippen LogP contribution in [0.2, 0.25) is 0 Å². The molecule has 0 bridgehead atoms. The highest BCUT2D eigenvalue weighted by Crippen LogP contribution is 2.23. The Kier molecular flexibility index (Phi) is 12.2. The molecule has 1 saturated carbocycles. The van der Waals surface area contributed by atoms with Gasteiger partial charge in [0.2, 0.25) is 10.0 Å². The van der Waals surface area contributed by atoms with Crippen LogP contribution in [0.3, 0.4) is 0 Å². The van der Waals surface area contributed by atoms with Gasteiger partial charge >= 0.3 is 0 Å². The van der Waals surface area contributed by atoms with Gasteiger partial charge in [-0.15, -0.1) is 24.8 Å². The van der Waals surface area contributed by atoms with Gasteiger partial charge in [0.1, 0.15) is 5.58 Å². The first-order chi connectivity index (χ1) is 13.2. The number of fused-ring (bicyclic) bond motifs is 1. The minimum atomic E-state index is -3.51. The first-order valence-electron chi connectivity index (χ1n) is 10.1. The fraction of sp³-hybridized carbons (Fsp3) is 0.600. The van der Waals surface area contributed by atoms with Gasteiger partial charge in [-0.1, -0.05) is 25.3 Å². The molecule has 0 spiro atoms. The average Bonchev–Trinajstić information content (AvgIpc) is 3.16. The van der Waals surface area contributed by atoms with Gasteiger partial charge in [-0.25, -0.2) is 13.1 Å². The smallest absolute Gasteiger partial charge is 0.241 e. The van der Waals surface area contributed by atoms with Crippen LogP contribution in [0.5, 0.6) is 0 Å². The minimum Gasteiger partial charge on any atom is -0.464 e. The summed E-state index contributed by atoms with van der Waals surface area (Å²) in [5.74, 6) is 0. The number of hydrogen-bond donors (Lipinski definition) is 3. The molecule has 166 valence electrons. The molecule has 0 radical (unpaired) electrons. The molecule has 1 aromatic heterocycles. The van der Waals surface area contributed by atoms with E-state index < -0.39 is 10.0 Å². The molecular weight excluding hydrogens is 433 g/mol. The lowest BCUT2D eigenvalue weighted by molar-refractivity contribution is 0.372. The van der Waals surface area contributed by atoms with Crippen molar-refractivity contribution < 1.29 is 12.8 Å². The van der Waals surface area contributed by atoms with Gasteiger partial charge < -0.3 is 15.1 Å². The van der Waals surface area contributed by atoms with Crippen LogP contribution in [-0.2, 0) is 10.0 Å². The zero-order valence-electron chi connectivity index (χ0n) is 16.7. The van der Waals surface area contributed by atoms with Crippen LogP contribution in [0.25, 0.3) is 11.0 Å². The maximum absolute atomic E-state index is 12.5. The lowest BCUT2D eigenvalue weighted by Gasteiger charge is -2.22. The monoisotopic (exact) mass is 465 g/mol. The van der Waals surface area contributed by atoms with E-state index in [-0.39, 0.29) is 29.7 Å². The number of rotatable bonds is 11. The van der Waals surface area contributed by atoms with Crippen LogP contribution >= 0.6 is 24.8 Å². The molecule has 0 unspecified atom stereocenters. The van der Waals surface area contributed by atoms with Gasteiger partial charge in [0.15, 0.2) is 0 Å². The van der Waals surface area contributed by atoms with Gasteiger partial charge in [0.25, 0.3) is 0 Å². The second-order valence-electron chi connectivity index (χ2n) is 7.23. The highest BCUT2D eigenvalue weighted by Gasteiger charge is 2.17. The molecular formula is C20H33Cl2N3O3S. The van der Waals surface area contributed by atoms with Gasteiger partial charge in [0, 0.05) is 31.1 Å². The first-order valence-corrected chi connectivity index (χ1v) is 11.5. The Hall–Kier alpha value is -0.830. The number of hydrogen-bond acceptors (Lipinski definition) is 5. The average molecular weight is 466 g/mol. The molecule has 0 amide bonds. The number of benzene rings is 1. The molecule has 3 N–H and O–H groups in total. The van der Waals surface area contributed by atoms with Crippen LogP contribution in [0.15, 0.2) is 39.8 Å². The Morgan fingerprint density at radius 1 is 0.931 bits per heavy atom. The van der Waals surface area contributed by atoms with E-state index in [9.17, 15) is 8.42 Å². The maximum atomic E-state index is 12.5. The van der Waals surface area contributed by atoms with E-state index in [1.165, 1.54) is 38.4 Å². The molecule has 1 aromatic carbocycles. The van der Waals surface area contributed by atoms with E-state index in [0.717, 1.165) is 32.5 Å². The predicted octanol–water partition coefficient (Wildman–Crippen LogP) is 3.85. The highest BCUT2D eigenvalue weighted by atomic mass is 35.5. The summed E-state index contributed by atoms with van der Waals surface area (Å²) in [6.07, 6.45) is 9.99. The summed E-state index contributed by atoms with van der Waals surface area (Å²) in [4.78, 5) is 0.278. The largest absolute Gasteiger partial charge is 0.464 e. The molecule has 1 aliphatic rings. The number of sulfonamides is 1. The third-order valence-electron chi connectivity index (χ3n) is 5.16. The van der Waals surface area contributed by atoms with Crippen molar-refractivity contribution in [1.82, 2.24) is 15.4 Å². The minimum absolute atomic E-state index is 0. The molecule has 6 nitrogen and oxygen atoms in total. The Morgan fingerprint density at radius 2 is 1.69 bits per heavy atom. The van der Waals surface area contributed by atoms with Crippen LogP contribution in [-0.4, -0.2) is 40.6 Å². The third-order valence-corrected chi connectivity index (χ3v) is 6.68. The van der Waals surface area contributed by atoms with Crippen molar-refractivity contribution in [2.75, 3.05) is 26.2 Å². The maximum Gasteiger partial charge on any atom is 0.241 e. The molecule has 29 heavy (non-hydrogen) atoms. The molecule has 0 saturated heterocycles. The zero-order valence-corrected chi connectivity index (χ0v) is 19.1. The summed E-state index contributed by atoms with van der Waals surface area (Å²) in [7, 11) is -3.51. The third kappa shape index (κ3) is 8.07. The van der Waals surface area contributed by atoms with Crippen molar-refractivity contribution in [3.8, 4) is 0 Å². The van der Waals surface area contributed by atoms with Crippen molar-refractivity contribution in [2.24, 2.45) is 0 Å². The van der Waals surface area contributed by atoms with E-state index in [2.05, 4.69) is 15.4 Å². The molecule has 0 atom stereocenters. The van der Waals surface area contributed by atoms with E-state index in [4.69, 9.17) is 4.42 Å². The fourth-order valence-corrected chi connectivity index (χ4v) is 4.94. The van der Waals surface area contributed by atoms with Crippen molar-refractivity contribution in [3.05, 3.63) is 30.5 Å². The van der Waals surface area contributed by atoms with Crippen LogP contribution < -0.4 is 15.4 Å². The highest BCUT2D eigenvalue weighted by molar-refractivity contribution is 7.89. The van der Waals surface area contributed by atoms with E-state index in [1.54, 1.807) is 24.3 Å². The normalized spacial score (nSPS) is 15.0. The predicted molar refractivity (Wildman–Crippen MR) is 123 cm³/mol. The van der Waals surface area contributed by atoms with Gasteiger partial charge in [-0.2, -0.15) is 0 Å².